The fourth-order valence-electron chi connectivity index (χ4n) is 3.69. The van der Waals surface area contributed by atoms with Gasteiger partial charge in [-0.05, 0) is 29.0 Å². The lowest BCUT2D eigenvalue weighted by atomic mass is 9.86. The van der Waals surface area contributed by atoms with Gasteiger partial charge >= 0.3 is 0 Å². The van der Waals surface area contributed by atoms with Crippen LogP contribution < -0.4 is 0 Å². The molecule has 0 aliphatic carbocycles. The second kappa shape index (κ2) is 8.27. The van der Waals surface area contributed by atoms with Crippen molar-refractivity contribution in [3.63, 3.8) is 0 Å². The summed E-state index contributed by atoms with van der Waals surface area (Å²) in [7, 11) is -3.53. The van der Waals surface area contributed by atoms with E-state index >= 15 is 0 Å². The first-order valence-electron chi connectivity index (χ1n) is 9.91. The van der Waals surface area contributed by atoms with Crippen molar-refractivity contribution in [1.29, 1.82) is 0 Å². The van der Waals surface area contributed by atoms with E-state index in [-0.39, 0.29) is 42.0 Å². The molecule has 2 aromatic rings. The van der Waals surface area contributed by atoms with Gasteiger partial charge in [0.1, 0.15) is 5.82 Å². The molecule has 2 aromatic carbocycles. The van der Waals surface area contributed by atoms with Gasteiger partial charge in [0.25, 0.3) is 0 Å². The lowest BCUT2D eigenvalue weighted by molar-refractivity contribution is -0.130. The Labute approximate surface area is 172 Å². The number of carbonyl (C=O) groups is 1. The summed E-state index contributed by atoms with van der Waals surface area (Å²) < 4.78 is 39.6. The highest BCUT2D eigenvalue weighted by Crippen LogP contribution is 2.31. The zero-order valence-electron chi connectivity index (χ0n) is 17.2. The van der Waals surface area contributed by atoms with E-state index in [1.807, 2.05) is 24.3 Å². The molecule has 1 aliphatic heterocycles. The van der Waals surface area contributed by atoms with Gasteiger partial charge in [-0.15, -0.1) is 0 Å². The van der Waals surface area contributed by atoms with Crippen LogP contribution in [0.3, 0.4) is 0 Å². The molecule has 29 heavy (non-hydrogen) atoms. The molecule has 156 valence electrons. The quantitative estimate of drug-likeness (QED) is 0.757. The first kappa shape index (κ1) is 21.5. The molecule has 1 heterocycles. The maximum atomic E-state index is 14.2. The fourth-order valence-corrected chi connectivity index (χ4v) is 5.49. The van der Waals surface area contributed by atoms with Crippen LogP contribution in [-0.4, -0.2) is 38.1 Å². The zero-order chi connectivity index (χ0) is 21.2. The summed E-state index contributed by atoms with van der Waals surface area (Å²) in [5.41, 5.74) is 2.34. The van der Waals surface area contributed by atoms with Gasteiger partial charge in [0.2, 0.25) is 5.91 Å². The van der Waals surface area contributed by atoms with Crippen molar-refractivity contribution in [3.05, 3.63) is 71.0 Å². The van der Waals surface area contributed by atoms with Crippen LogP contribution >= 0.6 is 0 Å². The first-order chi connectivity index (χ1) is 13.6. The minimum absolute atomic E-state index is 0.0450. The third-order valence-corrected chi connectivity index (χ3v) is 7.63. The standard InChI is InChI=1S/C23H28FNO3S/c1-23(2,3)18-10-8-17(9-11-18)16-22(26)25-13-12-21(29(27,28)15-14-25)19-6-4-5-7-20(19)24/h4-11,21H,12-16H2,1-3H3. The van der Waals surface area contributed by atoms with Crippen molar-refractivity contribution in [2.24, 2.45) is 0 Å². The third-order valence-electron chi connectivity index (χ3n) is 5.52. The van der Waals surface area contributed by atoms with Crippen molar-refractivity contribution in [2.45, 2.75) is 44.3 Å². The molecule has 1 amide bonds. The molecule has 0 aromatic heterocycles. The summed E-state index contributed by atoms with van der Waals surface area (Å²) >= 11 is 0. The normalized spacial score (nSPS) is 19.6. The molecule has 1 saturated heterocycles. The molecule has 0 N–H and O–H groups in total. The Balaban J connectivity index is 1.71. The van der Waals surface area contributed by atoms with Crippen molar-refractivity contribution in [3.8, 4) is 0 Å². The molecule has 0 bridgehead atoms. The van der Waals surface area contributed by atoms with Crippen LogP contribution in [0, 0.1) is 5.82 Å². The van der Waals surface area contributed by atoms with E-state index in [1.54, 1.807) is 17.0 Å². The van der Waals surface area contributed by atoms with Gasteiger partial charge in [0.15, 0.2) is 9.84 Å². The molecule has 0 spiro atoms. The molecule has 0 radical (unpaired) electrons. The third kappa shape index (κ3) is 5.04. The van der Waals surface area contributed by atoms with E-state index < -0.39 is 20.9 Å². The molecule has 1 fully saturated rings. The number of hydrogen-bond acceptors (Lipinski definition) is 3. The molecular formula is C23H28FNO3S. The minimum atomic E-state index is -3.53. The molecule has 1 unspecified atom stereocenters. The molecular weight excluding hydrogens is 389 g/mol. The van der Waals surface area contributed by atoms with Gasteiger partial charge in [-0.25, -0.2) is 12.8 Å². The summed E-state index contributed by atoms with van der Waals surface area (Å²) in [6.07, 6.45) is 0.437. The molecule has 1 aliphatic rings. The first-order valence-corrected chi connectivity index (χ1v) is 11.6. The summed E-state index contributed by atoms with van der Waals surface area (Å²) in [6.45, 7) is 6.85. The van der Waals surface area contributed by atoms with Gasteiger partial charge < -0.3 is 4.90 Å². The van der Waals surface area contributed by atoms with Gasteiger partial charge in [0.05, 0.1) is 17.4 Å². The smallest absolute Gasteiger partial charge is 0.227 e. The number of halogens is 1. The van der Waals surface area contributed by atoms with Crippen LogP contribution in [-0.2, 0) is 26.5 Å². The van der Waals surface area contributed by atoms with Crippen LogP contribution in [0.1, 0.15) is 49.1 Å². The molecule has 6 heteroatoms. The van der Waals surface area contributed by atoms with E-state index in [0.29, 0.717) is 6.54 Å². The number of nitrogens with zero attached hydrogens (tertiary/aromatic N) is 1. The summed E-state index contributed by atoms with van der Waals surface area (Å²) in [5, 5.41) is -0.910. The maximum absolute atomic E-state index is 14.2. The predicted molar refractivity (Wildman–Crippen MR) is 113 cm³/mol. The largest absolute Gasteiger partial charge is 0.341 e. The summed E-state index contributed by atoms with van der Waals surface area (Å²) in [4.78, 5) is 14.4. The number of amides is 1. The highest BCUT2D eigenvalue weighted by molar-refractivity contribution is 7.91. The topological polar surface area (TPSA) is 54.5 Å². The SMILES string of the molecule is CC(C)(C)c1ccc(CC(=O)N2CCC(c3ccccc3F)S(=O)(=O)CC2)cc1. The number of carbonyl (C=O) groups excluding carboxylic acids is 1. The predicted octanol–water partition coefficient (Wildman–Crippen LogP) is 4.05. The van der Waals surface area contributed by atoms with E-state index in [1.165, 1.54) is 17.7 Å². The van der Waals surface area contributed by atoms with Gasteiger partial charge in [-0.2, -0.15) is 0 Å². The summed E-state index contributed by atoms with van der Waals surface area (Å²) in [5.74, 6) is -0.765. The van der Waals surface area contributed by atoms with Crippen LogP contribution in [0.4, 0.5) is 4.39 Å². The van der Waals surface area contributed by atoms with Crippen molar-refractivity contribution in [1.82, 2.24) is 4.90 Å². The molecule has 0 saturated carbocycles. The Bertz CT molecular complexity index is 978. The second-order valence-electron chi connectivity index (χ2n) is 8.67. The average Bonchev–Trinajstić information content (AvgIpc) is 2.80. The lowest BCUT2D eigenvalue weighted by Crippen LogP contribution is -2.34. The van der Waals surface area contributed by atoms with Crippen molar-refractivity contribution >= 4 is 15.7 Å². The highest BCUT2D eigenvalue weighted by atomic mass is 32.2. The van der Waals surface area contributed by atoms with Crippen LogP contribution in [0.25, 0.3) is 0 Å². The van der Waals surface area contributed by atoms with Crippen LogP contribution in [0.15, 0.2) is 48.5 Å². The molecule has 1 atom stereocenters. The zero-order valence-corrected chi connectivity index (χ0v) is 18.0. The highest BCUT2D eigenvalue weighted by Gasteiger charge is 2.34. The Morgan fingerprint density at radius 3 is 2.34 bits per heavy atom. The van der Waals surface area contributed by atoms with E-state index in [4.69, 9.17) is 0 Å². The van der Waals surface area contributed by atoms with Crippen LogP contribution in [0.2, 0.25) is 0 Å². The minimum Gasteiger partial charge on any atom is -0.341 e. The fraction of sp³-hybridized carbons (Fsp3) is 0.435. The number of hydrogen-bond donors (Lipinski definition) is 0. The Morgan fingerprint density at radius 1 is 1.07 bits per heavy atom. The Hall–Kier alpha value is -2.21. The summed E-state index contributed by atoms with van der Waals surface area (Å²) in [6, 6.07) is 14.0. The number of rotatable bonds is 3. The Kier molecular flexibility index (Phi) is 6.13. The lowest BCUT2D eigenvalue weighted by Gasteiger charge is -2.21. The van der Waals surface area contributed by atoms with E-state index in [2.05, 4.69) is 20.8 Å². The van der Waals surface area contributed by atoms with Crippen molar-refractivity contribution in [2.75, 3.05) is 18.8 Å². The molecule has 4 nitrogen and oxygen atoms in total. The maximum Gasteiger partial charge on any atom is 0.227 e. The van der Waals surface area contributed by atoms with Crippen molar-refractivity contribution < 1.29 is 17.6 Å². The second-order valence-corrected chi connectivity index (χ2v) is 11.0. The molecule has 3 rings (SSSR count). The van der Waals surface area contributed by atoms with Crippen LogP contribution in [0.5, 0.6) is 0 Å². The van der Waals surface area contributed by atoms with E-state index in [0.717, 1.165) is 5.56 Å². The monoisotopic (exact) mass is 417 g/mol. The van der Waals surface area contributed by atoms with E-state index in [9.17, 15) is 17.6 Å². The number of sulfone groups is 1. The Morgan fingerprint density at radius 2 is 1.72 bits per heavy atom. The van der Waals surface area contributed by atoms with Gasteiger partial charge in [0, 0.05) is 18.7 Å². The number of benzene rings is 2. The average molecular weight is 418 g/mol. The van der Waals surface area contributed by atoms with Gasteiger partial charge in [-0.1, -0.05) is 63.2 Å². The van der Waals surface area contributed by atoms with Gasteiger partial charge in [-0.3, -0.25) is 4.79 Å².